The molecule has 0 saturated heterocycles. The first-order valence-corrected chi connectivity index (χ1v) is 14.0. The second-order valence-electron chi connectivity index (χ2n) is 7.50. The summed E-state index contributed by atoms with van der Waals surface area (Å²) >= 11 is 0. The summed E-state index contributed by atoms with van der Waals surface area (Å²) < 4.78 is 0. The number of hydrogen-bond donors (Lipinski definition) is 0. The monoisotopic (exact) mass is 396 g/mol. The van der Waals surface area contributed by atoms with Gasteiger partial charge in [-0.2, -0.15) is 7.14 Å². The topological polar surface area (TPSA) is 0 Å². The quantitative estimate of drug-likeness (QED) is 0.465. The van der Waals surface area contributed by atoms with E-state index in [2.05, 4.69) is 109 Å². The Hall–Kier alpha value is -1.61. The summed E-state index contributed by atoms with van der Waals surface area (Å²) in [6, 6.07) is 21.2. The summed E-state index contributed by atoms with van der Waals surface area (Å²) in [6.07, 6.45) is 19.5. The van der Waals surface area contributed by atoms with E-state index in [0.717, 1.165) is 12.3 Å². The fourth-order valence-electron chi connectivity index (χ4n) is 4.10. The molecule has 0 unspecified atom stereocenters. The van der Waals surface area contributed by atoms with E-state index in [-0.39, 0.29) is 0 Å². The Kier molecular flexibility index (Phi) is 5.91. The van der Waals surface area contributed by atoms with Crippen LogP contribution in [0.15, 0.2) is 109 Å². The second kappa shape index (κ2) is 8.41. The van der Waals surface area contributed by atoms with Crippen molar-refractivity contribution in [1.29, 1.82) is 0 Å². The SMILES string of the molecule is [B-][P+](CC[P+]([B-])(C1C=CC=C1)C1C=CC=C1)(c1ccccc1)c1ccccc1. The van der Waals surface area contributed by atoms with Crippen LogP contribution in [0.25, 0.3) is 0 Å². The molecule has 0 aromatic heterocycles. The van der Waals surface area contributed by atoms with Crippen LogP contribution >= 0.6 is 14.3 Å². The third-order valence-corrected chi connectivity index (χ3v) is 13.5. The second-order valence-corrected chi connectivity index (χ2v) is 14.4. The molecule has 0 saturated carbocycles. The van der Waals surface area contributed by atoms with Crippen molar-refractivity contribution in [1.82, 2.24) is 0 Å². The molecule has 0 N–H and O–H groups in total. The Morgan fingerprint density at radius 2 is 0.964 bits per heavy atom. The third-order valence-electron chi connectivity index (χ3n) is 5.84. The van der Waals surface area contributed by atoms with E-state index in [1.54, 1.807) is 0 Å². The Labute approximate surface area is 172 Å². The summed E-state index contributed by atoms with van der Waals surface area (Å²) in [5, 5.41) is 2.51. The zero-order valence-corrected chi connectivity index (χ0v) is 17.8. The summed E-state index contributed by atoms with van der Waals surface area (Å²) in [7, 11) is 10.7. The molecule has 0 nitrogen and oxygen atoms in total. The lowest BCUT2D eigenvalue weighted by molar-refractivity contribution is 1.27. The van der Waals surface area contributed by atoms with Gasteiger partial charge in [0, 0.05) is 16.8 Å². The smallest absolute Gasteiger partial charge is 0.0595 e. The molecular weight excluding hydrogens is 372 g/mol. The van der Waals surface area contributed by atoms with Gasteiger partial charge in [-0.3, -0.25) is 7.57 Å². The summed E-state index contributed by atoms with van der Waals surface area (Å²) in [4.78, 5) is 0. The number of hydrogen-bond acceptors (Lipinski definition) is 0. The van der Waals surface area contributed by atoms with Gasteiger partial charge < -0.3 is 7.57 Å². The van der Waals surface area contributed by atoms with Crippen LogP contribution in [0, 0.1) is 0 Å². The maximum atomic E-state index is 7.25. The average molecular weight is 396 g/mol. The minimum Gasteiger partial charge on any atom is -0.304 e. The highest BCUT2D eigenvalue weighted by atomic mass is 31.2. The van der Waals surface area contributed by atoms with Crippen molar-refractivity contribution >= 4 is 40.0 Å². The van der Waals surface area contributed by atoms with Gasteiger partial charge in [-0.15, -0.1) is 0 Å². The molecule has 2 aliphatic carbocycles. The molecule has 0 atom stereocenters. The molecule has 0 amide bonds. The molecule has 0 heterocycles. The van der Waals surface area contributed by atoms with E-state index < -0.39 is 14.3 Å². The zero-order valence-electron chi connectivity index (χ0n) is 16.0. The molecule has 2 aromatic rings. The molecule has 6 radical (unpaired) electrons. The van der Waals surface area contributed by atoms with E-state index in [1.807, 2.05) is 0 Å². The molecule has 0 aliphatic heterocycles. The maximum absolute atomic E-state index is 7.25. The Balaban J connectivity index is 1.68. The fraction of sp³-hybridized carbons (Fsp3) is 0.167. The van der Waals surface area contributed by atoms with Crippen molar-refractivity contribution in [2.24, 2.45) is 0 Å². The summed E-state index contributed by atoms with van der Waals surface area (Å²) in [5.74, 6) is 0. The van der Waals surface area contributed by atoms with Gasteiger partial charge in [-0.1, -0.05) is 60.7 Å². The first kappa shape index (κ1) is 19.7. The predicted molar refractivity (Wildman–Crippen MR) is 131 cm³/mol. The molecule has 0 spiro atoms. The lowest BCUT2D eigenvalue weighted by Crippen LogP contribution is -2.29. The molecule has 4 heteroatoms. The third kappa shape index (κ3) is 3.78. The van der Waals surface area contributed by atoms with Crippen molar-refractivity contribution in [3.8, 4) is 0 Å². The van der Waals surface area contributed by atoms with Crippen molar-refractivity contribution in [3.05, 3.63) is 109 Å². The highest BCUT2D eigenvalue weighted by molar-refractivity contribution is 8.09. The minimum atomic E-state index is -2.00. The van der Waals surface area contributed by atoms with Crippen LogP contribution in [0.4, 0.5) is 0 Å². The Morgan fingerprint density at radius 3 is 1.36 bits per heavy atom. The molecule has 0 bridgehead atoms. The first-order chi connectivity index (χ1) is 13.6. The standard InChI is InChI=1S/C24H24B2P2/c25-27(21-11-3-1-4-12-21,22-13-5-2-6-14-22)19-20-28(26,23-15-7-8-16-23)24-17-9-10-18-24/h1-18,23-24H,19-20H2. The Bertz CT molecular complexity index is 825. The molecule has 28 heavy (non-hydrogen) atoms. The van der Waals surface area contributed by atoms with Crippen molar-refractivity contribution in [2.45, 2.75) is 11.3 Å². The van der Waals surface area contributed by atoms with Crippen molar-refractivity contribution in [3.63, 3.8) is 0 Å². The van der Waals surface area contributed by atoms with Crippen LogP contribution in [0.2, 0.25) is 0 Å². The lowest BCUT2D eigenvalue weighted by Gasteiger charge is -2.47. The molecule has 2 aliphatic rings. The van der Waals surface area contributed by atoms with Gasteiger partial charge in [0.1, 0.15) is 0 Å². The van der Waals surface area contributed by atoms with E-state index in [9.17, 15) is 0 Å². The van der Waals surface area contributed by atoms with E-state index >= 15 is 0 Å². The van der Waals surface area contributed by atoms with Gasteiger partial charge in [0.2, 0.25) is 0 Å². The van der Waals surface area contributed by atoms with E-state index in [0.29, 0.717) is 11.3 Å². The molecule has 2 aromatic carbocycles. The lowest BCUT2D eigenvalue weighted by atomic mass is 10.4. The highest BCUT2D eigenvalue weighted by Gasteiger charge is 2.36. The van der Waals surface area contributed by atoms with Gasteiger partial charge in [-0.25, -0.2) is 7.14 Å². The van der Waals surface area contributed by atoms with Crippen LogP contribution in [-0.2, 0) is 0 Å². The Morgan fingerprint density at radius 1 is 0.571 bits per heavy atom. The summed E-state index contributed by atoms with van der Waals surface area (Å²) in [6.45, 7) is 0. The normalized spacial score (nSPS) is 17.1. The van der Waals surface area contributed by atoms with Crippen molar-refractivity contribution < 1.29 is 0 Å². The highest BCUT2D eigenvalue weighted by Crippen LogP contribution is 2.68. The van der Waals surface area contributed by atoms with Crippen LogP contribution in [0.3, 0.4) is 0 Å². The van der Waals surface area contributed by atoms with E-state index in [4.69, 9.17) is 15.1 Å². The van der Waals surface area contributed by atoms with Crippen LogP contribution in [0.5, 0.6) is 0 Å². The molecule has 136 valence electrons. The fourth-order valence-corrected chi connectivity index (χ4v) is 11.6. The predicted octanol–water partition coefficient (Wildman–Crippen LogP) is 4.83. The summed E-state index contributed by atoms with van der Waals surface area (Å²) in [5.41, 5.74) is 0.676. The maximum Gasteiger partial charge on any atom is 0.0595 e. The van der Waals surface area contributed by atoms with Gasteiger partial charge in [0.25, 0.3) is 0 Å². The number of allylic oxidation sites excluding steroid dienone is 8. The number of benzene rings is 2. The van der Waals surface area contributed by atoms with Crippen LogP contribution < -0.4 is 10.6 Å². The van der Waals surface area contributed by atoms with Crippen LogP contribution in [-0.4, -0.2) is 38.8 Å². The van der Waals surface area contributed by atoms with Gasteiger partial charge >= 0.3 is 0 Å². The van der Waals surface area contributed by atoms with E-state index in [1.165, 1.54) is 10.6 Å². The van der Waals surface area contributed by atoms with Gasteiger partial charge in [0.15, 0.2) is 0 Å². The largest absolute Gasteiger partial charge is 0.304 e. The average Bonchev–Trinajstić information content (AvgIpc) is 3.48. The molecule has 4 rings (SSSR count). The first-order valence-electron chi connectivity index (χ1n) is 9.77. The van der Waals surface area contributed by atoms with Gasteiger partial charge in [-0.05, 0) is 48.6 Å². The molecule has 0 fully saturated rings. The molecular formula is C24H24B2P2. The zero-order chi connectivity index (χ0) is 19.5. The number of rotatable bonds is 7. The van der Waals surface area contributed by atoms with Crippen LogP contribution in [0.1, 0.15) is 0 Å². The minimum absolute atomic E-state index is 0.338. The van der Waals surface area contributed by atoms with Crippen molar-refractivity contribution in [2.75, 3.05) is 12.3 Å². The van der Waals surface area contributed by atoms with Gasteiger partial charge in [0.05, 0.1) is 17.5 Å².